The fourth-order valence-electron chi connectivity index (χ4n) is 2.49. The summed E-state index contributed by atoms with van der Waals surface area (Å²) < 4.78 is 5.05. The zero-order chi connectivity index (χ0) is 19.2. The van der Waals surface area contributed by atoms with Gasteiger partial charge in [0.05, 0.1) is 5.56 Å². The Bertz CT molecular complexity index is 842. The molecule has 2 amide bonds. The fraction of sp³-hybridized carbons (Fsp3) is 0.286. The lowest BCUT2D eigenvalue weighted by Gasteiger charge is -2.08. The zero-order valence-electron chi connectivity index (χ0n) is 15.2. The lowest BCUT2D eigenvalue weighted by atomic mass is 10.1. The van der Waals surface area contributed by atoms with Crippen molar-refractivity contribution in [3.63, 3.8) is 0 Å². The van der Waals surface area contributed by atoms with Gasteiger partial charge < -0.3 is 15.4 Å². The molecule has 1 aliphatic carbocycles. The molecule has 0 aromatic heterocycles. The first-order valence-electron chi connectivity index (χ1n) is 8.91. The Morgan fingerprint density at radius 2 is 1.81 bits per heavy atom. The number of rotatable bonds is 7. The van der Waals surface area contributed by atoms with E-state index in [-0.39, 0.29) is 29.9 Å². The van der Waals surface area contributed by atoms with Gasteiger partial charge >= 0.3 is 5.97 Å². The minimum Gasteiger partial charge on any atom is -0.452 e. The minimum atomic E-state index is -0.608. The molecule has 140 valence electrons. The quantitative estimate of drug-likeness (QED) is 0.738. The number of hydrogen-bond donors (Lipinski definition) is 2. The molecule has 0 spiro atoms. The number of benzene rings is 2. The summed E-state index contributed by atoms with van der Waals surface area (Å²) in [5.74, 6) is -0.932. The summed E-state index contributed by atoms with van der Waals surface area (Å²) >= 11 is 0. The lowest BCUT2D eigenvalue weighted by Crippen LogP contribution is -2.28. The highest BCUT2D eigenvalue weighted by molar-refractivity contribution is 5.96. The van der Waals surface area contributed by atoms with E-state index < -0.39 is 5.97 Å². The molecule has 0 unspecified atom stereocenters. The number of nitrogens with one attached hydrogen (secondary N) is 2. The first-order chi connectivity index (χ1) is 13.0. The van der Waals surface area contributed by atoms with Gasteiger partial charge in [0.2, 0.25) is 5.91 Å². The molecule has 0 aliphatic heterocycles. The monoisotopic (exact) mass is 366 g/mol. The maximum absolute atomic E-state index is 12.1. The molecule has 0 bridgehead atoms. The summed E-state index contributed by atoms with van der Waals surface area (Å²) in [5, 5.41) is 5.49. The largest absolute Gasteiger partial charge is 0.452 e. The molecule has 27 heavy (non-hydrogen) atoms. The fourth-order valence-corrected chi connectivity index (χ4v) is 2.49. The van der Waals surface area contributed by atoms with Crippen molar-refractivity contribution in [3.05, 3.63) is 65.2 Å². The summed E-state index contributed by atoms with van der Waals surface area (Å²) in [6.45, 7) is 2.01. The molecule has 0 saturated heterocycles. The molecule has 2 N–H and O–H groups in total. The third-order valence-corrected chi connectivity index (χ3v) is 4.26. The third-order valence-electron chi connectivity index (χ3n) is 4.26. The first-order valence-corrected chi connectivity index (χ1v) is 8.91. The average Bonchev–Trinajstić information content (AvgIpc) is 3.51. The van der Waals surface area contributed by atoms with Crippen LogP contribution in [0, 0.1) is 12.8 Å². The van der Waals surface area contributed by atoms with Gasteiger partial charge in [0, 0.05) is 18.2 Å². The number of amides is 2. The first kappa shape index (κ1) is 18.6. The van der Waals surface area contributed by atoms with Crippen molar-refractivity contribution in [2.45, 2.75) is 26.3 Å². The molecule has 3 rings (SSSR count). The number of carbonyl (C=O) groups excluding carboxylic acids is 3. The molecule has 6 heteroatoms. The van der Waals surface area contributed by atoms with Crippen molar-refractivity contribution in [2.75, 3.05) is 11.9 Å². The molecule has 1 saturated carbocycles. The summed E-state index contributed by atoms with van der Waals surface area (Å²) in [7, 11) is 0. The van der Waals surface area contributed by atoms with E-state index >= 15 is 0 Å². The maximum atomic E-state index is 12.1. The summed E-state index contributed by atoms with van der Waals surface area (Å²) in [6, 6.07) is 14.3. The van der Waals surface area contributed by atoms with E-state index in [1.54, 1.807) is 24.3 Å². The zero-order valence-corrected chi connectivity index (χ0v) is 15.2. The van der Waals surface area contributed by atoms with E-state index in [2.05, 4.69) is 10.6 Å². The molecule has 0 heterocycles. The third kappa shape index (κ3) is 5.67. The van der Waals surface area contributed by atoms with Crippen molar-refractivity contribution < 1.29 is 19.1 Å². The molecule has 2 aromatic rings. The van der Waals surface area contributed by atoms with E-state index in [4.69, 9.17) is 4.74 Å². The second kappa shape index (κ2) is 8.49. The van der Waals surface area contributed by atoms with Crippen LogP contribution in [-0.2, 0) is 20.9 Å². The molecule has 0 radical (unpaired) electrons. The highest BCUT2D eigenvalue weighted by atomic mass is 16.5. The van der Waals surface area contributed by atoms with E-state index in [9.17, 15) is 14.4 Å². The van der Waals surface area contributed by atoms with Crippen LogP contribution in [0.4, 0.5) is 5.69 Å². The SMILES string of the molecule is Cc1ccc(CNC(=O)COC(=O)c2cccc(NC(=O)C3CC3)c2)cc1. The van der Waals surface area contributed by atoms with Gasteiger partial charge in [-0.2, -0.15) is 0 Å². The summed E-state index contributed by atoms with van der Waals surface area (Å²) in [4.78, 5) is 35.8. The van der Waals surface area contributed by atoms with Crippen molar-refractivity contribution in [1.82, 2.24) is 5.32 Å². The normalized spacial score (nSPS) is 12.9. The van der Waals surface area contributed by atoms with Gasteiger partial charge in [0.25, 0.3) is 5.91 Å². The Balaban J connectivity index is 1.46. The van der Waals surface area contributed by atoms with Gasteiger partial charge in [-0.25, -0.2) is 4.79 Å². The van der Waals surface area contributed by atoms with Crippen molar-refractivity contribution in [2.24, 2.45) is 5.92 Å². The highest BCUT2D eigenvalue weighted by Gasteiger charge is 2.29. The second-order valence-corrected chi connectivity index (χ2v) is 6.68. The Kier molecular flexibility index (Phi) is 5.86. The van der Waals surface area contributed by atoms with Crippen molar-refractivity contribution in [3.8, 4) is 0 Å². The van der Waals surface area contributed by atoms with Crippen LogP contribution in [0.15, 0.2) is 48.5 Å². The van der Waals surface area contributed by atoms with Crippen LogP contribution in [0.25, 0.3) is 0 Å². The number of hydrogen-bond acceptors (Lipinski definition) is 4. The smallest absolute Gasteiger partial charge is 0.338 e. The predicted octanol–water partition coefficient (Wildman–Crippen LogP) is 2.82. The average molecular weight is 366 g/mol. The van der Waals surface area contributed by atoms with Gasteiger partial charge in [-0.1, -0.05) is 35.9 Å². The van der Waals surface area contributed by atoms with Crippen LogP contribution in [0.3, 0.4) is 0 Å². The van der Waals surface area contributed by atoms with Crippen LogP contribution >= 0.6 is 0 Å². The molecule has 1 aliphatic rings. The van der Waals surface area contributed by atoms with E-state index in [1.165, 1.54) is 0 Å². The number of esters is 1. The molecular formula is C21H22N2O4. The van der Waals surface area contributed by atoms with Crippen LogP contribution < -0.4 is 10.6 Å². The van der Waals surface area contributed by atoms with E-state index in [1.807, 2.05) is 31.2 Å². The van der Waals surface area contributed by atoms with E-state index in [0.717, 1.165) is 24.0 Å². The van der Waals surface area contributed by atoms with Crippen LogP contribution in [0.5, 0.6) is 0 Å². The molecular weight excluding hydrogens is 344 g/mol. The van der Waals surface area contributed by atoms with Crippen LogP contribution in [0.2, 0.25) is 0 Å². The standard InChI is InChI=1S/C21H22N2O4/c1-14-5-7-15(8-6-14)12-22-19(24)13-27-21(26)17-3-2-4-18(11-17)23-20(25)16-9-10-16/h2-8,11,16H,9-10,12-13H2,1H3,(H,22,24)(H,23,25). The van der Waals surface area contributed by atoms with Crippen molar-refractivity contribution in [1.29, 1.82) is 0 Å². The number of aryl methyl sites for hydroxylation is 1. The number of anilines is 1. The number of carbonyl (C=O) groups is 3. The Morgan fingerprint density at radius 1 is 1.07 bits per heavy atom. The van der Waals surface area contributed by atoms with Gasteiger partial charge in [-0.3, -0.25) is 9.59 Å². The van der Waals surface area contributed by atoms with Gasteiger partial charge in [0.15, 0.2) is 6.61 Å². The Labute approximate surface area is 157 Å². The Morgan fingerprint density at radius 3 is 2.52 bits per heavy atom. The molecule has 1 fully saturated rings. The lowest BCUT2D eigenvalue weighted by molar-refractivity contribution is -0.124. The maximum Gasteiger partial charge on any atom is 0.338 e. The second-order valence-electron chi connectivity index (χ2n) is 6.68. The van der Waals surface area contributed by atoms with Crippen molar-refractivity contribution >= 4 is 23.5 Å². The molecule has 2 aromatic carbocycles. The van der Waals surface area contributed by atoms with Gasteiger partial charge in [-0.15, -0.1) is 0 Å². The summed E-state index contributed by atoms with van der Waals surface area (Å²) in [5.41, 5.74) is 2.95. The van der Waals surface area contributed by atoms with Crippen LogP contribution in [-0.4, -0.2) is 24.4 Å². The number of ether oxygens (including phenoxy) is 1. The van der Waals surface area contributed by atoms with E-state index in [0.29, 0.717) is 12.2 Å². The predicted molar refractivity (Wildman–Crippen MR) is 101 cm³/mol. The van der Waals surface area contributed by atoms with Crippen LogP contribution in [0.1, 0.15) is 34.3 Å². The minimum absolute atomic E-state index is 0.0315. The highest BCUT2D eigenvalue weighted by Crippen LogP contribution is 2.30. The summed E-state index contributed by atoms with van der Waals surface area (Å²) in [6.07, 6.45) is 1.82. The van der Waals surface area contributed by atoms with Gasteiger partial charge in [-0.05, 0) is 43.5 Å². The molecule has 6 nitrogen and oxygen atoms in total. The topological polar surface area (TPSA) is 84.5 Å². The Hall–Kier alpha value is -3.15. The van der Waals surface area contributed by atoms with Gasteiger partial charge in [0.1, 0.15) is 0 Å². The molecule has 0 atom stereocenters.